The maximum atomic E-state index is 12.2. The van der Waals surface area contributed by atoms with E-state index in [1.54, 1.807) is 40.7 Å². The van der Waals surface area contributed by atoms with Gasteiger partial charge in [-0.1, -0.05) is 0 Å². The summed E-state index contributed by atoms with van der Waals surface area (Å²) in [7, 11) is 1.79. The van der Waals surface area contributed by atoms with Crippen LogP contribution in [0.3, 0.4) is 0 Å². The minimum Gasteiger partial charge on any atom is -0.337 e. The van der Waals surface area contributed by atoms with Crippen molar-refractivity contribution in [1.82, 2.24) is 14.7 Å². The number of likely N-dealkylation sites (tertiary alicyclic amines) is 1. The lowest BCUT2D eigenvalue weighted by Crippen LogP contribution is -2.44. The average Bonchev–Trinajstić information content (AvgIpc) is 2.85. The van der Waals surface area contributed by atoms with E-state index >= 15 is 0 Å². The summed E-state index contributed by atoms with van der Waals surface area (Å²) in [4.78, 5) is 13.9. The van der Waals surface area contributed by atoms with Crippen LogP contribution in [0.4, 0.5) is 0 Å². The SMILES string of the molecule is CSC1(C#N)CCN(C(=O)c2ccn(C)n2)CC1. The van der Waals surface area contributed by atoms with E-state index in [9.17, 15) is 10.1 Å². The van der Waals surface area contributed by atoms with Gasteiger partial charge in [-0.3, -0.25) is 9.48 Å². The van der Waals surface area contributed by atoms with E-state index in [4.69, 9.17) is 0 Å². The average molecular weight is 264 g/mol. The topological polar surface area (TPSA) is 61.9 Å². The third kappa shape index (κ3) is 2.36. The largest absolute Gasteiger partial charge is 0.337 e. The van der Waals surface area contributed by atoms with E-state index in [1.165, 1.54) is 0 Å². The van der Waals surface area contributed by atoms with Gasteiger partial charge in [0.2, 0.25) is 0 Å². The van der Waals surface area contributed by atoms with Gasteiger partial charge in [-0.05, 0) is 25.2 Å². The monoisotopic (exact) mass is 264 g/mol. The molecule has 1 aliphatic rings. The Morgan fingerprint density at radius 3 is 2.67 bits per heavy atom. The van der Waals surface area contributed by atoms with E-state index in [0.717, 1.165) is 12.8 Å². The second kappa shape index (κ2) is 5.02. The summed E-state index contributed by atoms with van der Waals surface area (Å²) in [6.45, 7) is 1.26. The van der Waals surface area contributed by atoms with E-state index < -0.39 is 0 Å². The number of hydrogen-bond acceptors (Lipinski definition) is 4. The van der Waals surface area contributed by atoms with Crippen molar-refractivity contribution in [2.75, 3.05) is 19.3 Å². The predicted octanol–water partition coefficient (Wildman–Crippen LogP) is 1.28. The Kier molecular flexibility index (Phi) is 3.62. The van der Waals surface area contributed by atoms with E-state index in [2.05, 4.69) is 11.2 Å². The Morgan fingerprint density at radius 1 is 1.56 bits per heavy atom. The Balaban J connectivity index is 2.02. The standard InChI is InChI=1S/C12H16N4OS/c1-15-6-3-10(14-15)11(17)16-7-4-12(9-13,18-2)5-8-16/h3,6H,4-5,7-8H2,1-2H3. The van der Waals surface area contributed by atoms with Crippen LogP contribution in [-0.4, -0.2) is 44.7 Å². The number of nitrogens with zero attached hydrogens (tertiary/aromatic N) is 4. The lowest BCUT2D eigenvalue weighted by atomic mass is 9.97. The molecule has 0 bridgehead atoms. The number of aryl methyl sites for hydroxylation is 1. The van der Waals surface area contributed by atoms with Crippen LogP contribution in [0.2, 0.25) is 0 Å². The maximum Gasteiger partial charge on any atom is 0.274 e. The Hall–Kier alpha value is -1.48. The van der Waals surface area contributed by atoms with Gasteiger partial charge in [0.25, 0.3) is 5.91 Å². The third-order valence-electron chi connectivity index (χ3n) is 3.39. The van der Waals surface area contributed by atoms with Crippen LogP contribution in [0, 0.1) is 11.3 Å². The molecule has 0 spiro atoms. The molecule has 2 heterocycles. The van der Waals surface area contributed by atoms with Gasteiger partial charge in [-0.25, -0.2) is 0 Å². The van der Waals surface area contributed by atoms with Crippen molar-refractivity contribution in [3.63, 3.8) is 0 Å². The molecule has 0 N–H and O–H groups in total. The van der Waals surface area contributed by atoms with Crippen LogP contribution >= 0.6 is 11.8 Å². The summed E-state index contributed by atoms with van der Waals surface area (Å²) in [6.07, 6.45) is 5.17. The number of piperidine rings is 1. The molecular formula is C12H16N4OS. The summed E-state index contributed by atoms with van der Waals surface area (Å²) in [5.74, 6) is -0.0387. The fourth-order valence-corrected chi connectivity index (χ4v) is 2.81. The van der Waals surface area contributed by atoms with Crippen molar-refractivity contribution < 1.29 is 4.79 Å². The summed E-state index contributed by atoms with van der Waals surface area (Å²) in [6, 6.07) is 4.10. The molecule has 18 heavy (non-hydrogen) atoms. The minimum absolute atomic E-state index is 0.0387. The van der Waals surface area contributed by atoms with Gasteiger partial charge < -0.3 is 4.90 Å². The van der Waals surface area contributed by atoms with Crippen molar-refractivity contribution >= 4 is 17.7 Å². The van der Waals surface area contributed by atoms with Crippen LogP contribution in [0.5, 0.6) is 0 Å². The molecule has 2 rings (SSSR count). The van der Waals surface area contributed by atoms with Gasteiger partial charge in [0.1, 0.15) is 10.4 Å². The first-order valence-corrected chi connectivity index (χ1v) is 7.08. The number of nitriles is 1. The molecule has 0 aliphatic carbocycles. The molecule has 6 heteroatoms. The normalized spacial score (nSPS) is 18.4. The fraction of sp³-hybridized carbons (Fsp3) is 0.583. The highest BCUT2D eigenvalue weighted by Gasteiger charge is 2.35. The summed E-state index contributed by atoms with van der Waals surface area (Å²) in [5.41, 5.74) is 0.478. The first-order valence-electron chi connectivity index (χ1n) is 5.85. The Labute approximate surface area is 111 Å². The van der Waals surface area contributed by atoms with Crippen molar-refractivity contribution in [3.05, 3.63) is 18.0 Å². The van der Waals surface area contributed by atoms with E-state index in [-0.39, 0.29) is 10.7 Å². The van der Waals surface area contributed by atoms with E-state index in [1.807, 2.05) is 6.26 Å². The molecule has 0 radical (unpaired) electrons. The van der Waals surface area contributed by atoms with Gasteiger partial charge in [0.15, 0.2) is 0 Å². The molecule has 0 atom stereocenters. The van der Waals surface area contributed by atoms with E-state index in [0.29, 0.717) is 18.8 Å². The van der Waals surface area contributed by atoms with Crippen LogP contribution < -0.4 is 0 Å². The van der Waals surface area contributed by atoms with Gasteiger partial charge in [-0.2, -0.15) is 10.4 Å². The lowest BCUT2D eigenvalue weighted by molar-refractivity contribution is 0.0710. The highest BCUT2D eigenvalue weighted by molar-refractivity contribution is 8.00. The Bertz CT molecular complexity index is 483. The van der Waals surface area contributed by atoms with Gasteiger partial charge in [-0.15, -0.1) is 11.8 Å². The smallest absolute Gasteiger partial charge is 0.274 e. The van der Waals surface area contributed by atoms with Crippen molar-refractivity contribution in [1.29, 1.82) is 5.26 Å². The molecule has 1 aromatic heterocycles. The minimum atomic E-state index is -0.319. The molecule has 1 saturated heterocycles. The molecule has 1 amide bonds. The van der Waals surface area contributed by atoms with Gasteiger partial charge >= 0.3 is 0 Å². The number of rotatable bonds is 2. The number of carbonyl (C=O) groups is 1. The zero-order valence-corrected chi connectivity index (χ0v) is 11.4. The molecule has 0 saturated carbocycles. The van der Waals surface area contributed by atoms with Crippen LogP contribution in [0.15, 0.2) is 12.3 Å². The van der Waals surface area contributed by atoms with Crippen molar-refractivity contribution in [3.8, 4) is 6.07 Å². The molecule has 1 fully saturated rings. The molecular weight excluding hydrogens is 248 g/mol. The highest BCUT2D eigenvalue weighted by Crippen LogP contribution is 2.33. The molecule has 1 aliphatic heterocycles. The predicted molar refractivity (Wildman–Crippen MR) is 70.2 cm³/mol. The Morgan fingerprint density at radius 2 is 2.22 bits per heavy atom. The second-order valence-corrected chi connectivity index (χ2v) is 5.67. The highest BCUT2D eigenvalue weighted by atomic mass is 32.2. The second-order valence-electron chi connectivity index (χ2n) is 4.48. The number of thioether (sulfide) groups is 1. The summed E-state index contributed by atoms with van der Waals surface area (Å²) in [5, 5.41) is 13.3. The molecule has 0 unspecified atom stereocenters. The number of hydrogen-bond donors (Lipinski definition) is 0. The van der Waals surface area contributed by atoms with Crippen LogP contribution in [0.1, 0.15) is 23.3 Å². The summed E-state index contributed by atoms with van der Waals surface area (Å²) < 4.78 is 1.31. The molecule has 0 aromatic carbocycles. The number of aromatic nitrogens is 2. The fourth-order valence-electron chi connectivity index (χ4n) is 2.12. The molecule has 5 nitrogen and oxygen atoms in total. The number of amides is 1. The summed E-state index contributed by atoms with van der Waals surface area (Å²) >= 11 is 1.59. The quantitative estimate of drug-likeness (QED) is 0.807. The molecule has 96 valence electrons. The zero-order chi connectivity index (χ0) is 13.2. The lowest BCUT2D eigenvalue weighted by Gasteiger charge is -2.35. The third-order valence-corrected chi connectivity index (χ3v) is 4.67. The van der Waals surface area contributed by atoms with Crippen LogP contribution in [0.25, 0.3) is 0 Å². The van der Waals surface area contributed by atoms with Crippen LogP contribution in [-0.2, 0) is 7.05 Å². The van der Waals surface area contributed by atoms with Crippen molar-refractivity contribution in [2.24, 2.45) is 7.05 Å². The first-order chi connectivity index (χ1) is 8.60. The van der Waals surface area contributed by atoms with Gasteiger partial charge in [0, 0.05) is 26.3 Å². The van der Waals surface area contributed by atoms with Gasteiger partial charge in [0.05, 0.1) is 6.07 Å². The number of carbonyl (C=O) groups excluding carboxylic acids is 1. The maximum absolute atomic E-state index is 12.2. The molecule has 1 aromatic rings. The first kappa shape index (κ1) is 13.0. The zero-order valence-electron chi connectivity index (χ0n) is 10.6. The van der Waals surface area contributed by atoms with Crippen molar-refractivity contribution in [2.45, 2.75) is 17.6 Å².